The Bertz CT molecular complexity index is 800. The highest BCUT2D eigenvalue weighted by molar-refractivity contribution is 7.90. The first-order chi connectivity index (χ1) is 11.3. The zero-order valence-electron chi connectivity index (χ0n) is 13.7. The number of anilines is 1. The Hall–Kier alpha value is -2.39. The molecule has 0 fully saturated rings. The summed E-state index contributed by atoms with van der Waals surface area (Å²) in [6.07, 6.45) is 1.28. The number of benzene rings is 1. The van der Waals surface area contributed by atoms with Crippen LogP contribution in [-0.2, 0) is 14.9 Å². The van der Waals surface area contributed by atoms with Gasteiger partial charge in [-0.05, 0) is 32.9 Å². The Morgan fingerprint density at radius 1 is 1.29 bits per heavy atom. The number of nitrogens with one attached hydrogen (secondary N) is 2. The monoisotopic (exact) mass is 352 g/mol. The highest BCUT2D eigenvalue weighted by atomic mass is 32.2. The van der Waals surface area contributed by atoms with Crippen molar-refractivity contribution in [1.82, 2.24) is 14.5 Å². The minimum absolute atomic E-state index is 0.0211. The van der Waals surface area contributed by atoms with Crippen LogP contribution in [0.5, 0.6) is 0 Å². The van der Waals surface area contributed by atoms with Crippen molar-refractivity contribution in [3.05, 3.63) is 42.1 Å². The second-order valence-electron chi connectivity index (χ2n) is 5.25. The van der Waals surface area contributed by atoms with Crippen LogP contribution in [0.4, 0.5) is 5.82 Å². The number of hydrogen-bond donors (Lipinski definition) is 2. The van der Waals surface area contributed by atoms with E-state index in [4.69, 9.17) is 4.74 Å². The quantitative estimate of drug-likeness (QED) is 0.739. The molecule has 24 heavy (non-hydrogen) atoms. The van der Waals surface area contributed by atoms with Crippen molar-refractivity contribution in [3.63, 3.8) is 0 Å². The Balaban J connectivity index is 2.48. The summed E-state index contributed by atoms with van der Waals surface area (Å²) < 4.78 is 35.5. The van der Waals surface area contributed by atoms with Gasteiger partial charge >= 0.3 is 16.2 Å². The first kappa shape index (κ1) is 18.0. The molecule has 2 rings (SSSR count). The smallest absolute Gasteiger partial charge is 0.343 e. The molecule has 0 saturated heterocycles. The molecule has 1 aromatic carbocycles. The van der Waals surface area contributed by atoms with E-state index in [2.05, 4.69) is 14.5 Å². The fraction of sp³-hybridized carbons (Fsp3) is 0.333. The molecule has 0 amide bonds. The van der Waals surface area contributed by atoms with Crippen LogP contribution < -0.4 is 9.44 Å². The van der Waals surface area contributed by atoms with Crippen LogP contribution in [0.3, 0.4) is 0 Å². The van der Waals surface area contributed by atoms with E-state index >= 15 is 0 Å². The van der Waals surface area contributed by atoms with Crippen molar-refractivity contribution >= 4 is 22.0 Å². The van der Waals surface area contributed by atoms with Gasteiger partial charge in [0, 0.05) is 6.04 Å². The van der Waals surface area contributed by atoms with Gasteiger partial charge in [-0.1, -0.05) is 18.2 Å². The molecule has 1 heterocycles. The van der Waals surface area contributed by atoms with Crippen LogP contribution >= 0.6 is 0 Å². The lowest BCUT2D eigenvalue weighted by molar-refractivity contribution is 0.0527. The van der Waals surface area contributed by atoms with E-state index in [0.717, 1.165) is 0 Å². The molecular formula is C15H20N4O4S. The average molecular weight is 352 g/mol. The second kappa shape index (κ2) is 7.45. The maximum absolute atomic E-state index is 12.2. The summed E-state index contributed by atoms with van der Waals surface area (Å²) in [4.78, 5) is 12.1. The third-order valence-corrected chi connectivity index (χ3v) is 4.13. The van der Waals surface area contributed by atoms with Crippen LogP contribution in [-0.4, -0.2) is 36.8 Å². The van der Waals surface area contributed by atoms with Crippen molar-refractivity contribution in [1.29, 1.82) is 0 Å². The molecule has 0 spiro atoms. The van der Waals surface area contributed by atoms with Crippen LogP contribution in [0.1, 0.15) is 31.1 Å². The highest BCUT2D eigenvalue weighted by Crippen LogP contribution is 2.22. The van der Waals surface area contributed by atoms with Crippen LogP contribution in [0, 0.1) is 0 Å². The van der Waals surface area contributed by atoms with Crippen LogP contribution in [0.15, 0.2) is 36.5 Å². The summed E-state index contributed by atoms with van der Waals surface area (Å²) in [6.45, 7) is 5.23. The van der Waals surface area contributed by atoms with Gasteiger partial charge in [-0.15, -0.1) is 0 Å². The number of carbonyl (C=O) groups is 1. The maximum Gasteiger partial charge on any atom is 0.343 e. The molecule has 0 aliphatic rings. The topological polar surface area (TPSA) is 102 Å². The number of rotatable bonds is 7. The molecule has 1 aromatic heterocycles. The number of para-hydroxylation sites is 1. The Kier molecular flexibility index (Phi) is 5.58. The molecule has 0 unspecified atom stereocenters. The molecular weight excluding hydrogens is 332 g/mol. The van der Waals surface area contributed by atoms with E-state index in [-0.39, 0.29) is 24.0 Å². The second-order valence-corrected chi connectivity index (χ2v) is 6.70. The van der Waals surface area contributed by atoms with Crippen molar-refractivity contribution in [2.45, 2.75) is 26.8 Å². The molecule has 0 aliphatic carbocycles. The number of hydrogen-bond acceptors (Lipinski definition) is 5. The SMILES string of the molecule is CCOC(=O)c1cnn(-c2ccccc2)c1NS(=O)(=O)NC(C)C. The van der Waals surface area contributed by atoms with Gasteiger partial charge in [0.25, 0.3) is 0 Å². The van der Waals surface area contributed by atoms with E-state index < -0.39 is 16.2 Å². The Labute approximate surface area is 141 Å². The predicted octanol–water partition coefficient (Wildman–Crippen LogP) is 1.70. The minimum Gasteiger partial charge on any atom is -0.462 e. The van der Waals surface area contributed by atoms with Gasteiger partial charge in [0.1, 0.15) is 5.56 Å². The molecule has 0 atom stereocenters. The summed E-state index contributed by atoms with van der Waals surface area (Å²) in [6, 6.07) is 8.58. The summed E-state index contributed by atoms with van der Waals surface area (Å²) in [5.74, 6) is -0.630. The molecule has 2 N–H and O–H groups in total. The summed E-state index contributed by atoms with van der Waals surface area (Å²) in [7, 11) is -3.87. The van der Waals surface area contributed by atoms with Gasteiger partial charge in [0.05, 0.1) is 18.5 Å². The largest absolute Gasteiger partial charge is 0.462 e. The molecule has 0 aliphatic heterocycles. The zero-order valence-corrected chi connectivity index (χ0v) is 14.5. The first-order valence-corrected chi connectivity index (χ1v) is 8.93. The van der Waals surface area contributed by atoms with Gasteiger partial charge in [-0.3, -0.25) is 4.72 Å². The summed E-state index contributed by atoms with van der Waals surface area (Å²) >= 11 is 0. The number of carbonyl (C=O) groups excluding carboxylic acids is 1. The number of aromatic nitrogens is 2. The normalized spacial score (nSPS) is 11.5. The lowest BCUT2D eigenvalue weighted by atomic mass is 10.3. The molecule has 2 aromatic rings. The third kappa shape index (κ3) is 4.33. The van der Waals surface area contributed by atoms with Crippen molar-refractivity contribution in [3.8, 4) is 5.69 Å². The van der Waals surface area contributed by atoms with E-state index in [9.17, 15) is 13.2 Å². The number of nitrogens with zero attached hydrogens (tertiary/aromatic N) is 2. The Morgan fingerprint density at radius 3 is 2.54 bits per heavy atom. The van der Waals surface area contributed by atoms with Crippen molar-refractivity contribution < 1.29 is 17.9 Å². The lowest BCUT2D eigenvalue weighted by Gasteiger charge is -2.14. The van der Waals surface area contributed by atoms with Crippen molar-refractivity contribution in [2.75, 3.05) is 11.3 Å². The zero-order chi connectivity index (χ0) is 17.7. The Morgan fingerprint density at radius 2 is 1.96 bits per heavy atom. The molecule has 9 heteroatoms. The summed E-state index contributed by atoms with van der Waals surface area (Å²) in [5, 5.41) is 4.11. The molecule has 8 nitrogen and oxygen atoms in total. The first-order valence-electron chi connectivity index (χ1n) is 7.44. The standard InChI is InChI=1S/C15H20N4O4S/c1-4-23-15(20)13-10-16-19(12-8-6-5-7-9-12)14(13)18-24(21,22)17-11(2)3/h5-11,17-18H,4H2,1-3H3. The fourth-order valence-corrected chi connectivity index (χ4v) is 3.17. The van der Waals surface area contributed by atoms with Crippen molar-refractivity contribution in [2.24, 2.45) is 0 Å². The van der Waals surface area contributed by atoms with Gasteiger partial charge in [0.15, 0.2) is 5.82 Å². The molecule has 0 saturated carbocycles. The van der Waals surface area contributed by atoms with Crippen LogP contribution in [0.25, 0.3) is 5.69 Å². The lowest BCUT2D eigenvalue weighted by Crippen LogP contribution is -2.36. The predicted molar refractivity (Wildman–Crippen MR) is 90.3 cm³/mol. The molecule has 0 radical (unpaired) electrons. The third-order valence-electron chi connectivity index (χ3n) is 2.89. The van der Waals surface area contributed by atoms with Gasteiger partial charge in [0.2, 0.25) is 0 Å². The maximum atomic E-state index is 12.2. The van der Waals surface area contributed by atoms with Gasteiger partial charge < -0.3 is 4.74 Å². The van der Waals surface area contributed by atoms with Gasteiger partial charge in [-0.2, -0.15) is 18.2 Å². The fourth-order valence-electron chi connectivity index (χ4n) is 2.04. The van der Waals surface area contributed by atoms with Crippen LogP contribution in [0.2, 0.25) is 0 Å². The van der Waals surface area contributed by atoms with Gasteiger partial charge in [-0.25, -0.2) is 9.48 Å². The summed E-state index contributed by atoms with van der Waals surface area (Å²) in [5.41, 5.74) is 0.644. The minimum atomic E-state index is -3.87. The van der Waals surface area contributed by atoms with E-state index in [1.54, 1.807) is 45.0 Å². The van der Waals surface area contributed by atoms with E-state index in [1.807, 2.05) is 6.07 Å². The highest BCUT2D eigenvalue weighted by Gasteiger charge is 2.24. The average Bonchev–Trinajstić information content (AvgIpc) is 2.89. The number of esters is 1. The number of ether oxygens (including phenoxy) is 1. The van der Waals surface area contributed by atoms with E-state index in [1.165, 1.54) is 10.9 Å². The molecule has 0 bridgehead atoms. The van der Waals surface area contributed by atoms with E-state index in [0.29, 0.717) is 5.69 Å². The molecule has 130 valence electrons.